The quantitative estimate of drug-likeness (QED) is 0.634. The van der Waals surface area contributed by atoms with E-state index in [0.717, 1.165) is 37.2 Å². The minimum Gasteiger partial charge on any atom is -0.504 e. The number of thiophene rings is 1. The topological polar surface area (TPSA) is 32.7 Å². The summed E-state index contributed by atoms with van der Waals surface area (Å²) < 4.78 is 5.89. The Hall–Kier alpha value is -2.30. The first-order valence-corrected chi connectivity index (χ1v) is 10.4. The van der Waals surface area contributed by atoms with Crippen LogP contribution in [0.3, 0.4) is 0 Å². The lowest BCUT2D eigenvalue weighted by molar-refractivity contribution is 0.218. The van der Waals surface area contributed by atoms with E-state index in [1.54, 1.807) is 11.3 Å². The first-order chi connectivity index (χ1) is 13.2. The van der Waals surface area contributed by atoms with Crippen LogP contribution < -0.4 is 4.74 Å². The van der Waals surface area contributed by atoms with E-state index in [1.165, 1.54) is 10.4 Å². The average Bonchev–Trinajstić information content (AvgIpc) is 3.14. The molecule has 3 aromatic rings. The zero-order valence-corrected chi connectivity index (χ0v) is 16.4. The molecule has 0 amide bonds. The molecule has 0 fully saturated rings. The summed E-state index contributed by atoms with van der Waals surface area (Å²) in [6, 6.07) is 18.8. The fourth-order valence-corrected chi connectivity index (χ4v) is 4.37. The largest absolute Gasteiger partial charge is 0.504 e. The summed E-state index contributed by atoms with van der Waals surface area (Å²) in [6.45, 7) is 5.60. The van der Waals surface area contributed by atoms with E-state index in [-0.39, 0.29) is 5.75 Å². The molecule has 0 radical (unpaired) electrons. The van der Waals surface area contributed by atoms with Crippen molar-refractivity contribution in [2.45, 2.75) is 25.8 Å². The smallest absolute Gasteiger partial charge is 0.165 e. The Labute approximate surface area is 164 Å². The van der Waals surface area contributed by atoms with Gasteiger partial charge < -0.3 is 9.84 Å². The van der Waals surface area contributed by atoms with E-state index in [9.17, 15) is 5.11 Å². The van der Waals surface area contributed by atoms with Gasteiger partial charge in [0.25, 0.3) is 0 Å². The SMILES string of the molecule is C[C@@H](CCN1CCOc2c(O)cc(-c3cccs3)cc2C1)c1ccccc1. The lowest BCUT2D eigenvalue weighted by Gasteiger charge is -2.22. The average molecular weight is 380 g/mol. The summed E-state index contributed by atoms with van der Waals surface area (Å²) in [5, 5.41) is 12.5. The summed E-state index contributed by atoms with van der Waals surface area (Å²) in [5.74, 6) is 1.42. The van der Waals surface area contributed by atoms with Crippen LogP contribution in [0.1, 0.15) is 30.4 Å². The van der Waals surface area contributed by atoms with Gasteiger partial charge in [-0.05, 0) is 53.6 Å². The highest BCUT2D eigenvalue weighted by Gasteiger charge is 2.20. The molecule has 0 aliphatic carbocycles. The van der Waals surface area contributed by atoms with Gasteiger partial charge in [0.2, 0.25) is 0 Å². The van der Waals surface area contributed by atoms with Crippen LogP contribution in [0.4, 0.5) is 0 Å². The highest BCUT2D eigenvalue weighted by atomic mass is 32.1. The normalized spacial score (nSPS) is 15.6. The molecule has 0 saturated carbocycles. The van der Waals surface area contributed by atoms with Crippen molar-refractivity contribution in [3.8, 4) is 21.9 Å². The summed E-state index contributed by atoms with van der Waals surface area (Å²) >= 11 is 1.69. The molecule has 0 unspecified atom stereocenters. The molecule has 2 heterocycles. The number of ether oxygens (including phenoxy) is 1. The van der Waals surface area contributed by atoms with Gasteiger partial charge in [0, 0.05) is 23.5 Å². The number of fused-ring (bicyclic) bond motifs is 1. The van der Waals surface area contributed by atoms with Crippen LogP contribution in [0, 0.1) is 0 Å². The first kappa shape index (κ1) is 18.1. The van der Waals surface area contributed by atoms with Crippen LogP contribution in [0.15, 0.2) is 60.0 Å². The van der Waals surface area contributed by atoms with Crippen molar-refractivity contribution in [2.24, 2.45) is 0 Å². The number of phenols is 1. The summed E-state index contributed by atoms with van der Waals surface area (Å²) in [6.07, 6.45) is 1.11. The molecule has 1 aliphatic rings. The molecule has 1 atom stereocenters. The van der Waals surface area contributed by atoms with E-state index in [1.807, 2.05) is 12.1 Å². The van der Waals surface area contributed by atoms with Gasteiger partial charge in [-0.15, -0.1) is 11.3 Å². The van der Waals surface area contributed by atoms with Gasteiger partial charge in [0.1, 0.15) is 6.61 Å². The second kappa shape index (κ2) is 8.15. The third-order valence-electron chi connectivity index (χ3n) is 5.25. The van der Waals surface area contributed by atoms with Crippen molar-refractivity contribution in [1.82, 2.24) is 4.90 Å². The van der Waals surface area contributed by atoms with Gasteiger partial charge in [-0.3, -0.25) is 4.90 Å². The lowest BCUT2D eigenvalue weighted by Crippen LogP contribution is -2.27. The second-order valence-corrected chi connectivity index (χ2v) is 8.13. The molecule has 0 spiro atoms. The molecule has 1 aromatic heterocycles. The lowest BCUT2D eigenvalue weighted by atomic mass is 9.97. The zero-order valence-electron chi connectivity index (χ0n) is 15.6. The van der Waals surface area contributed by atoms with Crippen LogP contribution >= 0.6 is 11.3 Å². The molecule has 27 heavy (non-hydrogen) atoms. The second-order valence-electron chi connectivity index (χ2n) is 7.19. The molecule has 4 heteroatoms. The number of phenolic OH excluding ortho intramolecular Hbond substituents is 1. The standard InChI is InChI=1S/C23H25NO2S/c1-17(18-6-3-2-4-7-18)9-10-24-11-12-26-23-20(16-24)14-19(15-21(23)25)22-8-5-13-27-22/h2-8,13-15,17,25H,9-12,16H2,1H3/t17-/m0/s1. The Bertz CT molecular complexity index is 877. The Morgan fingerprint density at radius 2 is 2.00 bits per heavy atom. The van der Waals surface area contributed by atoms with Crippen molar-refractivity contribution in [1.29, 1.82) is 0 Å². The number of aromatic hydroxyl groups is 1. The fourth-order valence-electron chi connectivity index (χ4n) is 3.65. The molecular formula is C23H25NO2S. The van der Waals surface area contributed by atoms with Crippen molar-refractivity contribution in [2.75, 3.05) is 19.7 Å². The van der Waals surface area contributed by atoms with Crippen molar-refractivity contribution in [3.05, 3.63) is 71.1 Å². The maximum atomic E-state index is 10.5. The predicted octanol–water partition coefficient (Wildman–Crippen LogP) is 5.51. The zero-order chi connectivity index (χ0) is 18.6. The Morgan fingerprint density at radius 3 is 2.78 bits per heavy atom. The molecule has 3 nitrogen and oxygen atoms in total. The molecule has 0 bridgehead atoms. The van der Waals surface area contributed by atoms with Gasteiger partial charge in [0.15, 0.2) is 11.5 Å². The summed E-state index contributed by atoms with van der Waals surface area (Å²) in [4.78, 5) is 3.60. The minimum atomic E-state index is 0.246. The van der Waals surface area contributed by atoms with Crippen molar-refractivity contribution in [3.63, 3.8) is 0 Å². The van der Waals surface area contributed by atoms with Crippen molar-refractivity contribution < 1.29 is 9.84 Å². The van der Waals surface area contributed by atoms with Gasteiger partial charge in [-0.25, -0.2) is 0 Å². The van der Waals surface area contributed by atoms with Gasteiger partial charge in [-0.2, -0.15) is 0 Å². The highest BCUT2D eigenvalue weighted by molar-refractivity contribution is 7.13. The predicted molar refractivity (Wildman–Crippen MR) is 112 cm³/mol. The first-order valence-electron chi connectivity index (χ1n) is 9.50. The number of rotatable bonds is 5. The monoisotopic (exact) mass is 379 g/mol. The molecule has 2 aromatic carbocycles. The third-order valence-corrected chi connectivity index (χ3v) is 6.17. The van der Waals surface area contributed by atoms with Crippen LogP contribution in [-0.4, -0.2) is 29.7 Å². The number of nitrogens with zero attached hydrogens (tertiary/aromatic N) is 1. The highest BCUT2D eigenvalue weighted by Crippen LogP contribution is 2.38. The van der Waals surface area contributed by atoms with E-state index in [4.69, 9.17) is 4.74 Å². The molecular weight excluding hydrogens is 354 g/mol. The minimum absolute atomic E-state index is 0.246. The van der Waals surface area contributed by atoms with Gasteiger partial charge in [0.05, 0.1) is 0 Å². The van der Waals surface area contributed by atoms with Crippen LogP contribution in [-0.2, 0) is 6.54 Å². The number of benzene rings is 2. The number of hydrogen-bond donors (Lipinski definition) is 1. The van der Waals surface area contributed by atoms with E-state index >= 15 is 0 Å². The van der Waals surface area contributed by atoms with Gasteiger partial charge >= 0.3 is 0 Å². The van der Waals surface area contributed by atoms with E-state index in [2.05, 4.69) is 59.7 Å². The maximum Gasteiger partial charge on any atom is 0.165 e. The Morgan fingerprint density at radius 1 is 1.15 bits per heavy atom. The third kappa shape index (κ3) is 4.18. The molecule has 140 valence electrons. The summed E-state index contributed by atoms with van der Waals surface area (Å²) in [5.41, 5.74) is 3.52. The fraction of sp³-hybridized carbons (Fsp3) is 0.304. The molecule has 1 aliphatic heterocycles. The summed E-state index contributed by atoms with van der Waals surface area (Å²) in [7, 11) is 0. The molecule has 4 rings (SSSR count). The molecule has 0 saturated heterocycles. The number of hydrogen-bond acceptors (Lipinski definition) is 4. The van der Waals surface area contributed by atoms with Crippen LogP contribution in [0.2, 0.25) is 0 Å². The Kier molecular flexibility index (Phi) is 5.46. The van der Waals surface area contributed by atoms with Gasteiger partial charge in [-0.1, -0.05) is 43.3 Å². The Balaban J connectivity index is 1.49. The molecule has 1 N–H and O–H groups in total. The van der Waals surface area contributed by atoms with E-state index < -0.39 is 0 Å². The van der Waals surface area contributed by atoms with Crippen molar-refractivity contribution >= 4 is 11.3 Å². The van der Waals surface area contributed by atoms with Crippen LogP contribution in [0.5, 0.6) is 11.5 Å². The maximum absolute atomic E-state index is 10.5. The van der Waals surface area contributed by atoms with Crippen LogP contribution in [0.25, 0.3) is 10.4 Å². The van der Waals surface area contributed by atoms with E-state index in [0.29, 0.717) is 18.3 Å².